The first kappa shape index (κ1) is 20.7. The van der Waals surface area contributed by atoms with Crippen LogP contribution in [0, 0.1) is 11.7 Å². The lowest BCUT2D eigenvalue weighted by Gasteiger charge is -2.17. The van der Waals surface area contributed by atoms with Gasteiger partial charge in [-0.25, -0.2) is 12.8 Å². The maximum atomic E-state index is 13.2. The Kier molecular flexibility index (Phi) is 6.79. The number of amides is 1. The summed E-state index contributed by atoms with van der Waals surface area (Å²) in [7, 11) is -3.83. The van der Waals surface area contributed by atoms with Gasteiger partial charge in [-0.1, -0.05) is 25.1 Å². The van der Waals surface area contributed by atoms with E-state index in [1.807, 2.05) is 13.8 Å². The van der Waals surface area contributed by atoms with Crippen molar-refractivity contribution in [2.75, 3.05) is 15.8 Å². The number of hydrogen-bond acceptors (Lipinski definition) is 4. The van der Waals surface area contributed by atoms with Crippen molar-refractivity contribution in [3.63, 3.8) is 0 Å². The minimum absolute atomic E-state index is 0.0729. The van der Waals surface area contributed by atoms with E-state index < -0.39 is 33.4 Å². The Morgan fingerprint density at radius 2 is 1.81 bits per heavy atom. The van der Waals surface area contributed by atoms with Gasteiger partial charge in [-0.3, -0.25) is 9.52 Å². The average Bonchev–Trinajstić information content (AvgIpc) is 2.55. The van der Waals surface area contributed by atoms with E-state index >= 15 is 0 Å². The Labute approximate surface area is 158 Å². The van der Waals surface area contributed by atoms with Crippen molar-refractivity contribution in [2.45, 2.75) is 26.9 Å². The van der Waals surface area contributed by atoms with Crippen LogP contribution in [0.1, 0.15) is 20.8 Å². The summed E-state index contributed by atoms with van der Waals surface area (Å²) in [6.45, 7) is 5.24. The van der Waals surface area contributed by atoms with Gasteiger partial charge in [0.05, 0.1) is 29.1 Å². The van der Waals surface area contributed by atoms with Crippen molar-refractivity contribution >= 4 is 27.3 Å². The van der Waals surface area contributed by atoms with E-state index in [1.165, 1.54) is 25.1 Å². The molecular weight excluding hydrogens is 371 g/mol. The van der Waals surface area contributed by atoms with Crippen LogP contribution < -0.4 is 14.8 Å². The van der Waals surface area contributed by atoms with Gasteiger partial charge < -0.3 is 10.1 Å². The lowest BCUT2D eigenvalue weighted by molar-refractivity contribution is -0.118. The predicted octanol–water partition coefficient (Wildman–Crippen LogP) is 3.63. The van der Waals surface area contributed by atoms with E-state index in [-0.39, 0.29) is 11.8 Å². The lowest BCUT2D eigenvalue weighted by Crippen LogP contribution is -2.30. The number of ether oxygens (including phenoxy) is 1. The molecule has 1 unspecified atom stereocenters. The van der Waals surface area contributed by atoms with Gasteiger partial charge in [0.25, 0.3) is 0 Å². The Balaban J connectivity index is 2.03. The smallest absolute Gasteiger partial charge is 0.233 e. The first-order valence-corrected chi connectivity index (χ1v) is 10.1. The maximum Gasteiger partial charge on any atom is 0.233 e. The molecule has 2 N–H and O–H groups in total. The second-order valence-corrected chi connectivity index (χ2v) is 8.21. The summed E-state index contributed by atoms with van der Waals surface area (Å²) in [5.41, 5.74) is 0.580. The van der Waals surface area contributed by atoms with E-state index in [9.17, 15) is 17.6 Å². The van der Waals surface area contributed by atoms with Gasteiger partial charge in [-0.05, 0) is 44.2 Å². The number of rotatable bonds is 8. The molecule has 0 radical (unpaired) electrons. The van der Waals surface area contributed by atoms with Gasteiger partial charge in [-0.15, -0.1) is 0 Å². The largest absolute Gasteiger partial charge is 0.489 e. The quantitative estimate of drug-likeness (QED) is 0.716. The summed E-state index contributed by atoms with van der Waals surface area (Å²) >= 11 is 0. The normalized spacial score (nSPS) is 12.5. The van der Waals surface area contributed by atoms with Crippen molar-refractivity contribution in [3.05, 3.63) is 54.3 Å². The second-order valence-electron chi connectivity index (χ2n) is 6.45. The topological polar surface area (TPSA) is 84.5 Å². The molecule has 0 bridgehead atoms. The fourth-order valence-corrected chi connectivity index (χ4v) is 3.74. The molecule has 27 heavy (non-hydrogen) atoms. The molecule has 2 rings (SSSR count). The number of nitrogens with one attached hydrogen (secondary N) is 2. The minimum Gasteiger partial charge on any atom is -0.489 e. The molecule has 1 atom stereocenters. The number of anilines is 2. The molecule has 0 saturated heterocycles. The zero-order valence-corrected chi connectivity index (χ0v) is 16.2. The lowest BCUT2D eigenvalue weighted by atomic mass is 10.2. The minimum atomic E-state index is -3.83. The molecule has 8 heteroatoms. The molecule has 146 valence electrons. The Hall–Kier alpha value is -2.61. The molecule has 2 aromatic carbocycles. The van der Waals surface area contributed by atoms with Gasteiger partial charge >= 0.3 is 0 Å². The first-order valence-electron chi connectivity index (χ1n) is 8.49. The van der Waals surface area contributed by atoms with Crippen LogP contribution in [0.25, 0.3) is 0 Å². The highest BCUT2D eigenvalue weighted by Gasteiger charge is 2.22. The van der Waals surface area contributed by atoms with Gasteiger partial charge in [0.15, 0.2) is 0 Å². The first-order chi connectivity index (χ1) is 12.7. The molecule has 0 saturated carbocycles. The monoisotopic (exact) mass is 394 g/mol. The van der Waals surface area contributed by atoms with Crippen molar-refractivity contribution in [3.8, 4) is 5.75 Å². The molecule has 0 aliphatic heterocycles. The van der Waals surface area contributed by atoms with Crippen LogP contribution >= 0.6 is 0 Å². The van der Waals surface area contributed by atoms with E-state index in [0.29, 0.717) is 11.4 Å². The summed E-state index contributed by atoms with van der Waals surface area (Å²) in [6.07, 6.45) is -0.0729. The van der Waals surface area contributed by atoms with Crippen molar-refractivity contribution < 1.29 is 22.3 Å². The van der Waals surface area contributed by atoms with E-state index in [0.717, 1.165) is 6.07 Å². The Bertz CT molecular complexity index is 900. The third kappa shape index (κ3) is 6.56. The molecular formula is C19H23FN2O4S. The number of carbonyl (C=O) groups is 1. The van der Waals surface area contributed by atoms with Crippen LogP contribution in [0.3, 0.4) is 0 Å². The van der Waals surface area contributed by atoms with Gasteiger partial charge in [0, 0.05) is 0 Å². The van der Waals surface area contributed by atoms with Crippen LogP contribution in [-0.4, -0.2) is 26.2 Å². The second kappa shape index (κ2) is 8.85. The van der Waals surface area contributed by atoms with Crippen molar-refractivity contribution in [1.82, 2.24) is 0 Å². The third-order valence-electron chi connectivity index (χ3n) is 3.52. The van der Waals surface area contributed by atoms with Gasteiger partial charge in [-0.2, -0.15) is 0 Å². The highest BCUT2D eigenvalue weighted by molar-refractivity contribution is 7.92. The van der Waals surface area contributed by atoms with Crippen LogP contribution in [-0.2, 0) is 14.8 Å². The van der Waals surface area contributed by atoms with Crippen LogP contribution in [0.4, 0.5) is 15.8 Å². The zero-order chi connectivity index (χ0) is 20.0. The summed E-state index contributed by atoms with van der Waals surface area (Å²) in [6, 6.07) is 12.1. The summed E-state index contributed by atoms with van der Waals surface area (Å²) in [4.78, 5) is 12.4. The molecule has 1 amide bonds. The molecule has 0 aromatic heterocycles. The molecule has 0 fully saturated rings. The standard InChI is InChI=1S/C19H23FN2O4S/c1-13(2)26-18-10-5-4-9-17(18)21-19(23)14(3)12-27(24,25)22-16-8-6-7-15(20)11-16/h4-11,13-14,22H,12H2,1-3H3,(H,21,23). The highest BCUT2D eigenvalue weighted by Crippen LogP contribution is 2.25. The maximum absolute atomic E-state index is 13.2. The third-order valence-corrected chi connectivity index (χ3v) is 5.01. The van der Waals surface area contributed by atoms with Crippen molar-refractivity contribution in [1.29, 1.82) is 0 Å². The van der Waals surface area contributed by atoms with Gasteiger partial charge in [0.2, 0.25) is 15.9 Å². The molecule has 0 spiro atoms. The average molecular weight is 394 g/mol. The number of carbonyl (C=O) groups excluding carboxylic acids is 1. The Morgan fingerprint density at radius 1 is 1.11 bits per heavy atom. The summed E-state index contributed by atoms with van der Waals surface area (Å²) < 4.78 is 45.6. The van der Waals surface area contributed by atoms with Crippen LogP contribution in [0.15, 0.2) is 48.5 Å². The Morgan fingerprint density at radius 3 is 2.48 bits per heavy atom. The number of benzene rings is 2. The fourth-order valence-electron chi connectivity index (χ4n) is 2.36. The van der Waals surface area contributed by atoms with E-state index in [2.05, 4.69) is 10.0 Å². The van der Waals surface area contributed by atoms with Crippen molar-refractivity contribution in [2.24, 2.45) is 5.92 Å². The predicted molar refractivity (Wildman–Crippen MR) is 104 cm³/mol. The molecule has 0 aliphatic carbocycles. The number of halogens is 1. The zero-order valence-electron chi connectivity index (χ0n) is 15.4. The SMILES string of the molecule is CC(C)Oc1ccccc1NC(=O)C(C)CS(=O)(=O)Nc1cccc(F)c1. The fraction of sp³-hybridized carbons (Fsp3) is 0.316. The molecule has 2 aromatic rings. The van der Waals surface area contributed by atoms with Crippen LogP contribution in [0.5, 0.6) is 5.75 Å². The van der Waals surface area contributed by atoms with Gasteiger partial charge in [0.1, 0.15) is 11.6 Å². The number of para-hydroxylation sites is 2. The summed E-state index contributed by atoms with van der Waals surface area (Å²) in [5, 5.41) is 2.70. The highest BCUT2D eigenvalue weighted by atomic mass is 32.2. The molecule has 0 aliphatic rings. The summed E-state index contributed by atoms with van der Waals surface area (Å²) in [5.74, 6) is -1.78. The van der Waals surface area contributed by atoms with Crippen LogP contribution in [0.2, 0.25) is 0 Å². The van der Waals surface area contributed by atoms with E-state index in [1.54, 1.807) is 24.3 Å². The molecule has 0 heterocycles. The van der Waals surface area contributed by atoms with E-state index in [4.69, 9.17) is 4.74 Å². The number of hydrogen-bond donors (Lipinski definition) is 2. The molecule has 6 nitrogen and oxygen atoms in total. The number of sulfonamides is 1.